The van der Waals surface area contributed by atoms with E-state index in [9.17, 15) is 9.59 Å². The Morgan fingerprint density at radius 2 is 2.04 bits per heavy atom. The van der Waals surface area contributed by atoms with Crippen molar-refractivity contribution in [3.05, 3.63) is 64.7 Å². The third-order valence-electron chi connectivity index (χ3n) is 4.73. The molecule has 0 radical (unpaired) electrons. The lowest BCUT2D eigenvalue weighted by molar-refractivity contribution is -0.121. The predicted octanol–water partition coefficient (Wildman–Crippen LogP) is 2.05. The van der Waals surface area contributed by atoms with Crippen LogP contribution in [0.2, 0.25) is 0 Å². The van der Waals surface area contributed by atoms with E-state index < -0.39 is 0 Å². The summed E-state index contributed by atoms with van der Waals surface area (Å²) in [5, 5.41) is 3.40. The Bertz CT molecular complexity index is 1080. The number of fused-ring (bicyclic) bond motifs is 2. The van der Waals surface area contributed by atoms with Gasteiger partial charge in [-0.3, -0.25) is 14.2 Å². The lowest BCUT2D eigenvalue weighted by Crippen LogP contribution is -2.41. The number of rotatable bonds is 5. The third-order valence-corrected chi connectivity index (χ3v) is 4.73. The van der Waals surface area contributed by atoms with Crippen molar-refractivity contribution in [2.45, 2.75) is 26.0 Å². The first kappa shape index (κ1) is 18.0. The number of hydrogen-bond donors (Lipinski definition) is 1. The number of aryl methyl sites for hydroxylation is 2. The quantitative estimate of drug-likeness (QED) is 0.734. The van der Waals surface area contributed by atoms with Gasteiger partial charge in [-0.1, -0.05) is 24.3 Å². The molecule has 1 unspecified atom stereocenters. The van der Waals surface area contributed by atoms with E-state index in [1.165, 1.54) is 10.9 Å². The Kier molecular flexibility index (Phi) is 4.97. The van der Waals surface area contributed by atoms with Crippen LogP contribution in [-0.2, 0) is 11.3 Å². The van der Waals surface area contributed by atoms with Gasteiger partial charge in [0.1, 0.15) is 12.7 Å². The van der Waals surface area contributed by atoms with Crippen LogP contribution in [0.1, 0.15) is 12.0 Å². The van der Waals surface area contributed by atoms with Crippen molar-refractivity contribution in [2.24, 2.45) is 0 Å². The van der Waals surface area contributed by atoms with Crippen LogP contribution in [0, 0.1) is 6.92 Å². The van der Waals surface area contributed by atoms with Gasteiger partial charge in [0.15, 0.2) is 11.5 Å². The largest absolute Gasteiger partial charge is 0.486 e. The third kappa shape index (κ3) is 3.69. The molecule has 2 aromatic carbocycles. The molecule has 0 saturated heterocycles. The minimum absolute atomic E-state index is 0.137. The molecule has 1 aliphatic heterocycles. The normalized spacial score (nSPS) is 15.4. The van der Waals surface area contributed by atoms with E-state index in [2.05, 4.69) is 10.3 Å². The maximum atomic E-state index is 12.6. The van der Waals surface area contributed by atoms with Crippen molar-refractivity contribution in [2.75, 3.05) is 13.2 Å². The van der Waals surface area contributed by atoms with Crippen molar-refractivity contribution in [3.8, 4) is 11.5 Å². The second-order valence-electron chi connectivity index (χ2n) is 6.77. The summed E-state index contributed by atoms with van der Waals surface area (Å²) >= 11 is 0. The van der Waals surface area contributed by atoms with E-state index in [-0.39, 0.29) is 30.5 Å². The van der Waals surface area contributed by atoms with E-state index in [0.29, 0.717) is 35.6 Å². The predicted molar refractivity (Wildman–Crippen MR) is 105 cm³/mol. The lowest BCUT2D eigenvalue weighted by atomic mass is 10.1. The second-order valence-corrected chi connectivity index (χ2v) is 6.77. The van der Waals surface area contributed by atoms with Gasteiger partial charge in [-0.25, -0.2) is 4.98 Å². The number of benzene rings is 2. The van der Waals surface area contributed by atoms with E-state index >= 15 is 0 Å². The molecule has 2 heterocycles. The molecule has 144 valence electrons. The number of para-hydroxylation sites is 3. The Hall–Kier alpha value is -3.35. The molecule has 0 bridgehead atoms. The number of aromatic nitrogens is 2. The van der Waals surface area contributed by atoms with Crippen LogP contribution in [-0.4, -0.2) is 34.7 Å². The van der Waals surface area contributed by atoms with Crippen molar-refractivity contribution in [3.63, 3.8) is 0 Å². The van der Waals surface area contributed by atoms with Gasteiger partial charge in [-0.15, -0.1) is 0 Å². The van der Waals surface area contributed by atoms with Crippen LogP contribution >= 0.6 is 0 Å². The van der Waals surface area contributed by atoms with Gasteiger partial charge >= 0.3 is 0 Å². The standard InChI is InChI=1S/C21H21N3O4/c1-14-5-4-6-16-20(14)23-13-24(21(16)26)10-9-19(25)22-11-15-12-27-17-7-2-3-8-18(17)28-15/h2-8,13,15H,9-12H2,1H3,(H,22,25). The zero-order valence-electron chi connectivity index (χ0n) is 15.6. The summed E-state index contributed by atoms with van der Waals surface area (Å²) in [4.78, 5) is 29.1. The van der Waals surface area contributed by atoms with Crippen molar-refractivity contribution in [1.82, 2.24) is 14.9 Å². The molecule has 0 spiro atoms. The van der Waals surface area contributed by atoms with E-state index in [4.69, 9.17) is 9.47 Å². The summed E-state index contributed by atoms with van der Waals surface area (Å²) in [5.74, 6) is 1.24. The number of nitrogens with zero attached hydrogens (tertiary/aromatic N) is 2. The first-order valence-corrected chi connectivity index (χ1v) is 9.22. The number of carbonyl (C=O) groups excluding carboxylic acids is 1. The molecule has 1 amide bonds. The molecule has 1 N–H and O–H groups in total. The summed E-state index contributed by atoms with van der Waals surface area (Å²) in [7, 11) is 0. The summed E-state index contributed by atoms with van der Waals surface area (Å²) in [6.07, 6.45) is 1.44. The van der Waals surface area contributed by atoms with Crippen LogP contribution in [0.4, 0.5) is 0 Å². The summed E-state index contributed by atoms with van der Waals surface area (Å²) in [6, 6.07) is 13.0. The smallest absolute Gasteiger partial charge is 0.261 e. The van der Waals surface area contributed by atoms with Gasteiger partial charge in [0.25, 0.3) is 5.56 Å². The van der Waals surface area contributed by atoms with Crippen LogP contribution in [0.15, 0.2) is 53.6 Å². The van der Waals surface area contributed by atoms with E-state index in [1.807, 2.05) is 43.3 Å². The Balaban J connectivity index is 1.32. The Morgan fingerprint density at radius 1 is 1.21 bits per heavy atom. The molecule has 4 rings (SSSR count). The highest BCUT2D eigenvalue weighted by atomic mass is 16.6. The Morgan fingerprint density at radius 3 is 2.89 bits per heavy atom. The molecule has 0 aliphatic carbocycles. The van der Waals surface area contributed by atoms with Gasteiger partial charge in [-0.05, 0) is 30.7 Å². The number of ether oxygens (including phenoxy) is 2. The summed E-state index contributed by atoms with van der Waals surface area (Å²) in [6.45, 7) is 2.91. The molecule has 0 fully saturated rings. The maximum Gasteiger partial charge on any atom is 0.261 e. The van der Waals surface area contributed by atoms with Crippen molar-refractivity contribution >= 4 is 16.8 Å². The molecule has 1 aliphatic rings. The first-order valence-electron chi connectivity index (χ1n) is 9.22. The van der Waals surface area contributed by atoms with E-state index in [0.717, 1.165) is 5.56 Å². The van der Waals surface area contributed by atoms with Crippen LogP contribution in [0.25, 0.3) is 10.9 Å². The monoisotopic (exact) mass is 379 g/mol. The van der Waals surface area contributed by atoms with Gasteiger partial charge in [-0.2, -0.15) is 0 Å². The molecule has 1 aromatic heterocycles. The van der Waals surface area contributed by atoms with Gasteiger partial charge in [0.05, 0.1) is 23.8 Å². The summed E-state index contributed by atoms with van der Waals surface area (Å²) < 4.78 is 12.9. The molecule has 1 atom stereocenters. The average Bonchev–Trinajstić information content (AvgIpc) is 2.72. The Labute approximate surface area is 161 Å². The second kappa shape index (κ2) is 7.72. The topological polar surface area (TPSA) is 82.5 Å². The summed E-state index contributed by atoms with van der Waals surface area (Å²) in [5.41, 5.74) is 1.51. The molecular formula is C21H21N3O4. The zero-order chi connectivity index (χ0) is 19.5. The SMILES string of the molecule is Cc1cccc2c(=O)n(CCC(=O)NCC3COc4ccccc4O3)cnc12. The molecule has 28 heavy (non-hydrogen) atoms. The number of carbonyl (C=O) groups is 1. The number of hydrogen-bond acceptors (Lipinski definition) is 5. The molecule has 0 saturated carbocycles. The highest BCUT2D eigenvalue weighted by Crippen LogP contribution is 2.30. The lowest BCUT2D eigenvalue weighted by Gasteiger charge is -2.26. The van der Waals surface area contributed by atoms with Crippen LogP contribution in [0.3, 0.4) is 0 Å². The fourth-order valence-corrected chi connectivity index (χ4v) is 3.20. The molecule has 7 heteroatoms. The van der Waals surface area contributed by atoms with Crippen LogP contribution < -0.4 is 20.3 Å². The maximum absolute atomic E-state index is 12.6. The van der Waals surface area contributed by atoms with Crippen molar-refractivity contribution < 1.29 is 14.3 Å². The molecule has 7 nitrogen and oxygen atoms in total. The minimum atomic E-state index is -0.244. The number of amides is 1. The van der Waals surface area contributed by atoms with Gasteiger partial charge < -0.3 is 14.8 Å². The van der Waals surface area contributed by atoms with Gasteiger partial charge in [0, 0.05) is 13.0 Å². The minimum Gasteiger partial charge on any atom is -0.486 e. The zero-order valence-corrected chi connectivity index (χ0v) is 15.6. The van der Waals surface area contributed by atoms with Crippen LogP contribution in [0.5, 0.6) is 11.5 Å². The highest BCUT2D eigenvalue weighted by molar-refractivity contribution is 5.80. The average molecular weight is 379 g/mol. The highest BCUT2D eigenvalue weighted by Gasteiger charge is 2.21. The fraction of sp³-hybridized carbons (Fsp3) is 0.286. The fourth-order valence-electron chi connectivity index (χ4n) is 3.20. The van der Waals surface area contributed by atoms with Crippen molar-refractivity contribution in [1.29, 1.82) is 0 Å². The molecule has 3 aromatic rings. The first-order chi connectivity index (χ1) is 13.6. The molecular weight excluding hydrogens is 358 g/mol. The van der Waals surface area contributed by atoms with Gasteiger partial charge in [0.2, 0.25) is 5.91 Å². The number of nitrogens with one attached hydrogen (secondary N) is 1. The van der Waals surface area contributed by atoms with E-state index in [1.54, 1.807) is 6.07 Å².